The summed E-state index contributed by atoms with van der Waals surface area (Å²) in [5.41, 5.74) is -1.90. The highest BCUT2D eigenvalue weighted by molar-refractivity contribution is 7.14. The van der Waals surface area contributed by atoms with E-state index in [0.29, 0.717) is 16.3 Å². The number of nitrogens with one attached hydrogen (secondary N) is 1. The SMILES string of the molecule is CCOC(=O)Cc1csc(NC(=O)c2cc3nc(C(F)F)cc(C(F)F)n3n2)n1. The molecule has 0 fully saturated rings. The molecule has 0 bridgehead atoms. The Morgan fingerprint density at radius 2 is 1.97 bits per heavy atom. The number of nitrogens with zero attached hydrogens (tertiary/aromatic N) is 4. The number of alkyl halides is 4. The van der Waals surface area contributed by atoms with E-state index in [2.05, 4.69) is 20.4 Å². The number of amides is 1. The number of fused-ring (bicyclic) bond motifs is 1. The molecule has 0 saturated heterocycles. The molecule has 154 valence electrons. The van der Waals surface area contributed by atoms with E-state index in [1.165, 1.54) is 0 Å². The Balaban J connectivity index is 1.82. The monoisotopic (exact) mass is 431 g/mol. The summed E-state index contributed by atoms with van der Waals surface area (Å²) < 4.78 is 57.5. The van der Waals surface area contributed by atoms with Crippen LogP contribution >= 0.6 is 11.3 Å². The highest BCUT2D eigenvalue weighted by atomic mass is 32.1. The van der Waals surface area contributed by atoms with E-state index in [-0.39, 0.29) is 29.5 Å². The molecule has 0 atom stereocenters. The van der Waals surface area contributed by atoms with Crippen molar-refractivity contribution < 1.29 is 31.9 Å². The molecule has 0 radical (unpaired) electrons. The second-order valence-corrected chi connectivity index (χ2v) is 6.44. The highest BCUT2D eigenvalue weighted by Gasteiger charge is 2.22. The van der Waals surface area contributed by atoms with Gasteiger partial charge in [-0.05, 0) is 13.0 Å². The van der Waals surface area contributed by atoms with Crippen molar-refractivity contribution in [2.24, 2.45) is 0 Å². The molecule has 1 N–H and O–H groups in total. The molecule has 3 heterocycles. The van der Waals surface area contributed by atoms with Crippen molar-refractivity contribution >= 4 is 34.0 Å². The van der Waals surface area contributed by atoms with Gasteiger partial charge in [0.05, 0.1) is 18.7 Å². The Morgan fingerprint density at radius 3 is 2.62 bits per heavy atom. The molecule has 0 aliphatic carbocycles. The van der Waals surface area contributed by atoms with Gasteiger partial charge < -0.3 is 4.74 Å². The van der Waals surface area contributed by atoms with Crippen LogP contribution in [0.1, 0.15) is 47.3 Å². The second kappa shape index (κ2) is 8.51. The van der Waals surface area contributed by atoms with Crippen LogP contribution < -0.4 is 5.32 Å². The number of anilines is 1. The van der Waals surface area contributed by atoms with Gasteiger partial charge in [-0.1, -0.05) is 0 Å². The fraction of sp³-hybridized carbons (Fsp3) is 0.312. The van der Waals surface area contributed by atoms with Gasteiger partial charge in [-0.25, -0.2) is 32.0 Å². The number of hydrogen-bond donors (Lipinski definition) is 1. The van der Waals surface area contributed by atoms with Crippen molar-refractivity contribution in [2.45, 2.75) is 26.2 Å². The zero-order valence-corrected chi connectivity index (χ0v) is 15.6. The molecule has 13 heteroatoms. The molecule has 0 unspecified atom stereocenters. The molecule has 0 aliphatic heterocycles. The summed E-state index contributed by atoms with van der Waals surface area (Å²) in [6.07, 6.45) is -6.23. The number of esters is 1. The minimum Gasteiger partial charge on any atom is -0.466 e. The van der Waals surface area contributed by atoms with Crippen molar-refractivity contribution in [3.8, 4) is 0 Å². The highest BCUT2D eigenvalue weighted by Crippen LogP contribution is 2.25. The van der Waals surface area contributed by atoms with Crippen LogP contribution in [0.15, 0.2) is 17.5 Å². The van der Waals surface area contributed by atoms with Crippen molar-refractivity contribution in [2.75, 3.05) is 11.9 Å². The first kappa shape index (κ1) is 20.6. The molecule has 3 aromatic heterocycles. The number of thiazole rings is 1. The quantitative estimate of drug-likeness (QED) is 0.455. The van der Waals surface area contributed by atoms with Crippen LogP contribution in [0.2, 0.25) is 0 Å². The topological polar surface area (TPSA) is 98.5 Å². The molecule has 0 spiro atoms. The molecule has 8 nitrogen and oxygen atoms in total. The molecule has 0 aromatic carbocycles. The van der Waals surface area contributed by atoms with Gasteiger partial charge in [0.15, 0.2) is 16.5 Å². The Hall–Kier alpha value is -3.09. The van der Waals surface area contributed by atoms with E-state index in [1.807, 2.05) is 0 Å². The molecule has 0 saturated carbocycles. The average Bonchev–Trinajstić information content (AvgIpc) is 3.27. The van der Waals surface area contributed by atoms with Crippen molar-refractivity contribution in [1.29, 1.82) is 0 Å². The summed E-state index contributed by atoms with van der Waals surface area (Å²) in [7, 11) is 0. The van der Waals surface area contributed by atoms with Crippen LogP contribution in [0.25, 0.3) is 5.65 Å². The molecular formula is C16H13F4N5O3S. The van der Waals surface area contributed by atoms with Gasteiger partial charge in [-0.15, -0.1) is 11.3 Å². The molecular weight excluding hydrogens is 418 g/mol. The number of carbonyl (C=O) groups excluding carboxylic acids is 2. The summed E-state index contributed by atoms with van der Waals surface area (Å²) in [5, 5.41) is 7.82. The Kier molecular flexibility index (Phi) is 6.06. The zero-order chi connectivity index (χ0) is 21.1. The minimum atomic E-state index is -3.10. The molecule has 0 aliphatic rings. The number of rotatable bonds is 7. The second-order valence-electron chi connectivity index (χ2n) is 5.59. The van der Waals surface area contributed by atoms with Gasteiger partial charge >= 0.3 is 5.97 Å². The van der Waals surface area contributed by atoms with Crippen molar-refractivity contribution in [1.82, 2.24) is 19.6 Å². The first-order valence-corrected chi connectivity index (χ1v) is 9.04. The lowest BCUT2D eigenvalue weighted by Gasteiger charge is -2.06. The fourth-order valence-electron chi connectivity index (χ4n) is 2.36. The van der Waals surface area contributed by atoms with Gasteiger partial charge in [-0.3, -0.25) is 14.9 Å². The Morgan fingerprint density at radius 1 is 1.21 bits per heavy atom. The lowest BCUT2D eigenvalue weighted by molar-refractivity contribution is -0.142. The Bertz CT molecular complexity index is 1050. The Labute approximate surface area is 164 Å². The lowest BCUT2D eigenvalue weighted by atomic mass is 10.3. The van der Waals surface area contributed by atoms with Crippen LogP contribution in [-0.4, -0.2) is 38.1 Å². The largest absolute Gasteiger partial charge is 0.466 e. The van der Waals surface area contributed by atoms with Crippen LogP contribution in [0.3, 0.4) is 0 Å². The van der Waals surface area contributed by atoms with Crippen molar-refractivity contribution in [3.63, 3.8) is 0 Å². The average molecular weight is 431 g/mol. The van der Waals surface area contributed by atoms with E-state index in [0.717, 1.165) is 17.4 Å². The van der Waals surface area contributed by atoms with Gasteiger partial charge in [0.25, 0.3) is 18.8 Å². The van der Waals surface area contributed by atoms with Gasteiger partial charge in [0.1, 0.15) is 11.4 Å². The molecule has 1 amide bonds. The normalized spacial score (nSPS) is 11.4. The number of halogens is 4. The summed E-state index contributed by atoms with van der Waals surface area (Å²) in [6.45, 7) is 1.89. The van der Waals surface area contributed by atoms with Gasteiger partial charge in [-0.2, -0.15) is 5.10 Å². The van der Waals surface area contributed by atoms with Crippen LogP contribution in [0.5, 0.6) is 0 Å². The first-order chi connectivity index (χ1) is 13.8. The number of aromatic nitrogens is 4. The van der Waals surface area contributed by atoms with Crippen LogP contribution in [0.4, 0.5) is 22.7 Å². The standard InChI is InChI=1S/C16H13F4N5O3S/c1-2-28-12(26)3-7-6-29-16(21-7)23-15(27)9-5-11-22-8(13(17)18)4-10(14(19)20)25(11)24-9/h4-6,13-14H,2-3H2,1H3,(H,21,23,27). The third-order valence-electron chi connectivity index (χ3n) is 3.56. The first-order valence-electron chi connectivity index (χ1n) is 8.16. The lowest BCUT2D eigenvalue weighted by Crippen LogP contribution is -2.13. The number of ether oxygens (including phenoxy) is 1. The van der Waals surface area contributed by atoms with Gasteiger partial charge in [0.2, 0.25) is 0 Å². The third-order valence-corrected chi connectivity index (χ3v) is 4.36. The van der Waals surface area contributed by atoms with Gasteiger partial charge in [0, 0.05) is 11.4 Å². The fourth-order valence-corrected chi connectivity index (χ4v) is 3.07. The van der Waals surface area contributed by atoms with E-state index < -0.39 is 36.1 Å². The summed E-state index contributed by atoms with van der Waals surface area (Å²) in [4.78, 5) is 31.4. The summed E-state index contributed by atoms with van der Waals surface area (Å²) in [5.74, 6) is -1.28. The molecule has 29 heavy (non-hydrogen) atoms. The molecule has 3 aromatic rings. The number of carbonyl (C=O) groups is 2. The number of hydrogen-bond acceptors (Lipinski definition) is 7. The predicted octanol–water partition coefficient (Wildman–Crippen LogP) is 3.42. The maximum atomic E-state index is 13.2. The predicted molar refractivity (Wildman–Crippen MR) is 93.3 cm³/mol. The van der Waals surface area contributed by atoms with E-state index in [1.54, 1.807) is 12.3 Å². The third kappa shape index (κ3) is 4.67. The molecule has 3 rings (SSSR count). The summed E-state index contributed by atoms with van der Waals surface area (Å²) >= 11 is 1.03. The smallest absolute Gasteiger partial charge is 0.311 e. The summed E-state index contributed by atoms with van der Waals surface area (Å²) in [6, 6.07) is 1.56. The van der Waals surface area contributed by atoms with E-state index in [4.69, 9.17) is 4.74 Å². The van der Waals surface area contributed by atoms with E-state index in [9.17, 15) is 27.2 Å². The van der Waals surface area contributed by atoms with E-state index >= 15 is 0 Å². The zero-order valence-electron chi connectivity index (χ0n) is 14.7. The maximum absolute atomic E-state index is 13.2. The minimum absolute atomic E-state index is 0.0767. The van der Waals surface area contributed by atoms with Crippen LogP contribution in [-0.2, 0) is 16.0 Å². The maximum Gasteiger partial charge on any atom is 0.311 e. The van der Waals surface area contributed by atoms with Crippen molar-refractivity contribution in [3.05, 3.63) is 40.3 Å². The van der Waals surface area contributed by atoms with Crippen LogP contribution in [0, 0.1) is 0 Å².